The van der Waals surface area contributed by atoms with E-state index in [4.69, 9.17) is 0 Å². The van der Waals surface area contributed by atoms with Gasteiger partial charge < -0.3 is 10.0 Å². The largest absolute Gasteiger partial charge is 0.396 e. The van der Waals surface area contributed by atoms with Gasteiger partial charge in [-0.25, -0.2) is 0 Å². The number of aliphatic hydroxyl groups is 1. The molecule has 1 N–H and O–H groups in total. The summed E-state index contributed by atoms with van der Waals surface area (Å²) in [4.78, 5) is 7.87. The predicted octanol–water partition coefficient (Wildman–Crippen LogP) is 1.95. The summed E-state index contributed by atoms with van der Waals surface area (Å²) in [6.07, 6.45) is 5.61. The lowest BCUT2D eigenvalue weighted by molar-refractivity contribution is -0.0000821. The molecular formula is C21H39N5O. The Morgan fingerprint density at radius 2 is 1.93 bits per heavy atom. The van der Waals surface area contributed by atoms with Crippen molar-refractivity contribution in [2.75, 3.05) is 39.3 Å². The number of aromatic nitrogens is 2. The van der Waals surface area contributed by atoms with E-state index in [1.54, 1.807) is 0 Å². The van der Waals surface area contributed by atoms with Crippen LogP contribution in [-0.4, -0.2) is 87.0 Å². The van der Waals surface area contributed by atoms with Crippen molar-refractivity contribution in [2.45, 2.75) is 78.2 Å². The Kier molecular flexibility index (Phi) is 7.31. The van der Waals surface area contributed by atoms with Gasteiger partial charge in [0.2, 0.25) is 0 Å². The molecule has 154 valence electrons. The number of likely N-dealkylation sites (tertiary alicyclic amines) is 1. The molecule has 3 heterocycles. The number of aryl methyl sites for hydroxylation is 2. The van der Waals surface area contributed by atoms with Gasteiger partial charge in [-0.2, -0.15) is 5.10 Å². The highest BCUT2D eigenvalue weighted by Crippen LogP contribution is 2.25. The van der Waals surface area contributed by atoms with Crippen molar-refractivity contribution in [1.29, 1.82) is 0 Å². The Labute approximate surface area is 165 Å². The maximum Gasteiger partial charge on any atom is 0.0638 e. The van der Waals surface area contributed by atoms with Gasteiger partial charge in [0, 0.05) is 69.2 Å². The van der Waals surface area contributed by atoms with Crippen LogP contribution in [0.5, 0.6) is 0 Å². The van der Waals surface area contributed by atoms with E-state index < -0.39 is 0 Å². The molecule has 1 aromatic heterocycles. The fourth-order valence-electron chi connectivity index (χ4n) is 4.82. The van der Waals surface area contributed by atoms with Crippen molar-refractivity contribution in [3.05, 3.63) is 17.5 Å². The molecule has 2 saturated heterocycles. The molecule has 1 atom stereocenters. The molecule has 0 aliphatic carbocycles. The van der Waals surface area contributed by atoms with E-state index in [0.29, 0.717) is 18.1 Å². The summed E-state index contributed by atoms with van der Waals surface area (Å²) in [7, 11) is 0. The van der Waals surface area contributed by atoms with E-state index in [1.807, 2.05) is 4.68 Å². The molecule has 0 unspecified atom stereocenters. The highest BCUT2D eigenvalue weighted by Gasteiger charge is 2.34. The Balaban J connectivity index is 1.59. The first-order valence-electron chi connectivity index (χ1n) is 10.9. The van der Waals surface area contributed by atoms with Crippen molar-refractivity contribution in [2.24, 2.45) is 0 Å². The van der Waals surface area contributed by atoms with Crippen LogP contribution >= 0.6 is 0 Å². The van der Waals surface area contributed by atoms with Gasteiger partial charge >= 0.3 is 0 Å². The smallest absolute Gasteiger partial charge is 0.0638 e. The van der Waals surface area contributed by atoms with Gasteiger partial charge in [0.1, 0.15) is 0 Å². The topological polar surface area (TPSA) is 47.8 Å². The van der Waals surface area contributed by atoms with E-state index >= 15 is 0 Å². The van der Waals surface area contributed by atoms with E-state index in [2.05, 4.69) is 53.7 Å². The van der Waals surface area contributed by atoms with Gasteiger partial charge in [0.25, 0.3) is 0 Å². The molecular weight excluding hydrogens is 338 g/mol. The first-order chi connectivity index (χ1) is 13.0. The van der Waals surface area contributed by atoms with Crippen LogP contribution in [0.4, 0.5) is 0 Å². The number of piperazine rings is 1. The molecule has 0 amide bonds. The summed E-state index contributed by atoms with van der Waals surface area (Å²) in [6, 6.07) is 1.81. The fraction of sp³-hybridized carbons (Fsp3) is 0.857. The van der Waals surface area contributed by atoms with Crippen molar-refractivity contribution in [3.8, 4) is 0 Å². The molecule has 2 aliphatic rings. The highest BCUT2D eigenvalue weighted by molar-refractivity contribution is 5.15. The Morgan fingerprint density at radius 1 is 1.19 bits per heavy atom. The van der Waals surface area contributed by atoms with Crippen LogP contribution in [0.2, 0.25) is 0 Å². The zero-order valence-corrected chi connectivity index (χ0v) is 17.8. The maximum atomic E-state index is 9.64. The van der Waals surface area contributed by atoms with Gasteiger partial charge in [-0.3, -0.25) is 14.5 Å². The summed E-state index contributed by atoms with van der Waals surface area (Å²) in [6.45, 7) is 16.8. The third kappa shape index (κ3) is 5.11. The second kappa shape index (κ2) is 9.50. The van der Waals surface area contributed by atoms with Crippen LogP contribution in [0, 0.1) is 6.92 Å². The molecule has 27 heavy (non-hydrogen) atoms. The average molecular weight is 378 g/mol. The summed E-state index contributed by atoms with van der Waals surface area (Å²) in [5, 5.41) is 14.2. The normalized spacial score (nSPS) is 24.1. The summed E-state index contributed by atoms with van der Waals surface area (Å²) in [5.74, 6) is 0. The van der Waals surface area contributed by atoms with Crippen molar-refractivity contribution >= 4 is 0 Å². The lowest BCUT2D eigenvalue weighted by Crippen LogP contribution is -2.58. The minimum Gasteiger partial charge on any atom is -0.396 e. The lowest BCUT2D eigenvalue weighted by Gasteiger charge is -2.48. The van der Waals surface area contributed by atoms with Crippen LogP contribution in [-0.2, 0) is 13.1 Å². The van der Waals surface area contributed by atoms with Crippen LogP contribution in [0.3, 0.4) is 0 Å². The third-order valence-electron chi connectivity index (χ3n) is 6.54. The van der Waals surface area contributed by atoms with Gasteiger partial charge in [-0.1, -0.05) is 0 Å². The standard InChI is InChI=1S/C21H39N5O/c1-5-25-15-19(18(4)22-25)14-23-11-12-26(21(16-23)8-13-27)20-6-9-24(10-7-20)17(2)3/h15,17,20-21,27H,5-14,16H2,1-4H3/t21-/m1/s1. The van der Waals surface area contributed by atoms with Crippen LogP contribution in [0.15, 0.2) is 6.20 Å². The SMILES string of the molecule is CCn1cc(CN2CCN(C3CCN(C(C)C)CC3)[C@H](CCO)C2)c(C)n1. The molecule has 0 saturated carbocycles. The fourth-order valence-corrected chi connectivity index (χ4v) is 4.82. The molecule has 1 aromatic rings. The molecule has 0 bridgehead atoms. The molecule has 3 rings (SSSR count). The number of hydrogen-bond donors (Lipinski definition) is 1. The lowest BCUT2D eigenvalue weighted by atomic mass is 9.97. The molecule has 0 radical (unpaired) electrons. The number of aliphatic hydroxyl groups excluding tert-OH is 1. The summed E-state index contributed by atoms with van der Waals surface area (Å²) in [5.41, 5.74) is 2.50. The van der Waals surface area contributed by atoms with E-state index in [0.717, 1.165) is 44.8 Å². The first-order valence-corrected chi connectivity index (χ1v) is 10.9. The minimum atomic E-state index is 0.284. The van der Waals surface area contributed by atoms with Crippen LogP contribution in [0.25, 0.3) is 0 Å². The Morgan fingerprint density at radius 3 is 2.52 bits per heavy atom. The molecule has 6 heteroatoms. The molecule has 0 aromatic carbocycles. The maximum absolute atomic E-state index is 9.64. The second-order valence-corrected chi connectivity index (χ2v) is 8.60. The third-order valence-corrected chi connectivity index (χ3v) is 6.54. The van der Waals surface area contributed by atoms with Gasteiger partial charge in [-0.05, 0) is 60.0 Å². The van der Waals surface area contributed by atoms with E-state index in [1.165, 1.54) is 31.5 Å². The molecule has 6 nitrogen and oxygen atoms in total. The number of rotatable bonds is 7. The number of piperidine rings is 1. The van der Waals surface area contributed by atoms with Gasteiger partial charge in [0.15, 0.2) is 0 Å². The summed E-state index contributed by atoms with van der Waals surface area (Å²) < 4.78 is 2.04. The molecule has 2 aliphatic heterocycles. The quantitative estimate of drug-likeness (QED) is 0.787. The predicted molar refractivity (Wildman–Crippen MR) is 110 cm³/mol. The first kappa shape index (κ1) is 20.8. The highest BCUT2D eigenvalue weighted by atomic mass is 16.3. The number of nitrogens with zero attached hydrogens (tertiary/aromatic N) is 5. The monoisotopic (exact) mass is 377 g/mol. The minimum absolute atomic E-state index is 0.284. The molecule has 2 fully saturated rings. The van der Waals surface area contributed by atoms with Crippen molar-refractivity contribution in [3.63, 3.8) is 0 Å². The summed E-state index contributed by atoms with van der Waals surface area (Å²) >= 11 is 0. The number of hydrogen-bond acceptors (Lipinski definition) is 5. The Hall–Kier alpha value is -0.950. The van der Waals surface area contributed by atoms with Crippen molar-refractivity contribution < 1.29 is 5.11 Å². The van der Waals surface area contributed by atoms with Crippen molar-refractivity contribution in [1.82, 2.24) is 24.5 Å². The second-order valence-electron chi connectivity index (χ2n) is 8.60. The van der Waals surface area contributed by atoms with Crippen LogP contribution in [0.1, 0.15) is 51.3 Å². The van der Waals surface area contributed by atoms with Crippen LogP contribution < -0.4 is 0 Å². The average Bonchev–Trinajstić information content (AvgIpc) is 3.02. The molecule has 0 spiro atoms. The van der Waals surface area contributed by atoms with Gasteiger partial charge in [0.05, 0.1) is 5.69 Å². The van der Waals surface area contributed by atoms with E-state index in [9.17, 15) is 5.11 Å². The Bertz CT molecular complexity index is 579. The zero-order valence-electron chi connectivity index (χ0n) is 17.8. The van der Waals surface area contributed by atoms with Gasteiger partial charge in [-0.15, -0.1) is 0 Å². The van der Waals surface area contributed by atoms with E-state index in [-0.39, 0.29) is 6.61 Å². The zero-order chi connectivity index (χ0) is 19.4.